The second-order valence-electron chi connectivity index (χ2n) is 4.93. The molecular formula is C13H22ClN5O. The van der Waals surface area contributed by atoms with E-state index >= 15 is 0 Å². The largest absolute Gasteiger partial charge is 0.385 e. The Kier molecular flexibility index (Phi) is 5.01. The number of hydrogen-bond donors (Lipinski definition) is 2. The Bertz CT molecular complexity index is 487. The van der Waals surface area contributed by atoms with Crippen LogP contribution >= 0.6 is 11.6 Å². The van der Waals surface area contributed by atoms with E-state index in [1.165, 1.54) is 0 Å². The lowest BCUT2D eigenvalue weighted by Crippen LogP contribution is -2.47. The summed E-state index contributed by atoms with van der Waals surface area (Å²) in [7, 11) is 0. The maximum atomic E-state index is 7.50. The zero-order chi connectivity index (χ0) is 14.7. The summed E-state index contributed by atoms with van der Waals surface area (Å²) in [6.45, 7) is 7.66. The first kappa shape index (κ1) is 15.3. The maximum Gasteiger partial charge on any atom is 0.127 e. The van der Waals surface area contributed by atoms with Crippen molar-refractivity contribution in [2.45, 2.75) is 39.5 Å². The lowest BCUT2D eigenvalue weighted by atomic mass is 10.2. The number of aryl methyl sites for hydroxylation is 2. The highest BCUT2D eigenvalue weighted by molar-refractivity contribution is 6.31. The third kappa shape index (κ3) is 3.13. The lowest BCUT2D eigenvalue weighted by molar-refractivity contribution is 0.00146. The number of nitrogens with zero attached hydrogens (tertiary/aromatic N) is 3. The molecule has 1 aromatic heterocycles. The van der Waals surface area contributed by atoms with Gasteiger partial charge in [-0.2, -0.15) is 5.10 Å². The first-order valence-corrected chi connectivity index (χ1v) is 7.36. The molecule has 1 atom stereocenters. The molecule has 1 aliphatic heterocycles. The molecule has 0 aliphatic carbocycles. The number of rotatable bonds is 5. The lowest BCUT2D eigenvalue weighted by Gasteiger charge is -2.32. The zero-order valence-corrected chi connectivity index (χ0v) is 12.8. The molecule has 0 spiro atoms. The van der Waals surface area contributed by atoms with Crippen LogP contribution in [0.4, 0.5) is 0 Å². The minimum atomic E-state index is -0.314. The van der Waals surface area contributed by atoms with Crippen molar-refractivity contribution in [3.05, 3.63) is 16.4 Å². The van der Waals surface area contributed by atoms with Crippen LogP contribution in [0.25, 0.3) is 0 Å². The van der Waals surface area contributed by atoms with Gasteiger partial charge in [0.1, 0.15) is 11.9 Å². The minimum absolute atomic E-state index is 0.0824. The van der Waals surface area contributed by atoms with Gasteiger partial charge in [0, 0.05) is 26.2 Å². The van der Waals surface area contributed by atoms with E-state index in [0.717, 1.165) is 35.9 Å². The van der Waals surface area contributed by atoms with Gasteiger partial charge in [0.15, 0.2) is 0 Å². The van der Waals surface area contributed by atoms with Gasteiger partial charge in [-0.1, -0.05) is 18.5 Å². The predicted octanol–water partition coefficient (Wildman–Crippen LogP) is 1.26. The van der Waals surface area contributed by atoms with Crippen molar-refractivity contribution in [3.63, 3.8) is 0 Å². The van der Waals surface area contributed by atoms with Crippen molar-refractivity contribution in [2.24, 2.45) is 5.73 Å². The number of nitrogens with one attached hydrogen (secondary N) is 1. The van der Waals surface area contributed by atoms with Crippen molar-refractivity contribution in [3.8, 4) is 0 Å². The number of morpholine rings is 1. The molecule has 1 saturated heterocycles. The highest BCUT2D eigenvalue weighted by Gasteiger charge is 2.25. The topological polar surface area (TPSA) is 80.2 Å². The van der Waals surface area contributed by atoms with Gasteiger partial charge in [-0.05, 0) is 13.3 Å². The SMILES string of the molecule is CCc1nn(CC)c(CN2CCOC(C(=N)N)C2)c1Cl. The van der Waals surface area contributed by atoms with Gasteiger partial charge in [0.2, 0.25) is 0 Å². The van der Waals surface area contributed by atoms with Crippen LogP contribution in [-0.2, 0) is 24.2 Å². The van der Waals surface area contributed by atoms with E-state index in [2.05, 4.69) is 23.8 Å². The summed E-state index contributed by atoms with van der Waals surface area (Å²) in [5, 5.41) is 12.8. The molecule has 2 rings (SSSR count). The van der Waals surface area contributed by atoms with Crippen molar-refractivity contribution in [2.75, 3.05) is 19.7 Å². The molecule has 2 heterocycles. The molecule has 0 saturated carbocycles. The van der Waals surface area contributed by atoms with Crippen molar-refractivity contribution in [1.82, 2.24) is 14.7 Å². The van der Waals surface area contributed by atoms with Crippen LogP contribution in [0.5, 0.6) is 0 Å². The maximum absolute atomic E-state index is 7.50. The summed E-state index contributed by atoms with van der Waals surface area (Å²) in [4.78, 5) is 2.21. The number of ether oxygens (including phenoxy) is 1. The summed E-state index contributed by atoms with van der Waals surface area (Å²) < 4.78 is 7.43. The third-order valence-corrected chi connectivity index (χ3v) is 4.00. The Morgan fingerprint density at radius 1 is 1.55 bits per heavy atom. The van der Waals surface area contributed by atoms with Crippen LogP contribution in [0, 0.1) is 5.41 Å². The van der Waals surface area contributed by atoms with Crippen molar-refractivity contribution >= 4 is 17.4 Å². The fourth-order valence-electron chi connectivity index (χ4n) is 2.41. The number of amidine groups is 1. The monoisotopic (exact) mass is 299 g/mol. The first-order chi connectivity index (χ1) is 9.56. The van der Waals surface area contributed by atoms with Gasteiger partial charge in [-0.15, -0.1) is 0 Å². The molecule has 0 radical (unpaired) electrons. The zero-order valence-electron chi connectivity index (χ0n) is 12.0. The normalized spacial score (nSPS) is 20.2. The fraction of sp³-hybridized carbons (Fsp3) is 0.692. The van der Waals surface area contributed by atoms with E-state index in [4.69, 9.17) is 27.5 Å². The van der Waals surface area contributed by atoms with E-state index < -0.39 is 0 Å². The van der Waals surface area contributed by atoms with Gasteiger partial charge >= 0.3 is 0 Å². The highest BCUT2D eigenvalue weighted by Crippen LogP contribution is 2.23. The second kappa shape index (κ2) is 6.56. The predicted molar refractivity (Wildman–Crippen MR) is 79.2 cm³/mol. The molecule has 7 heteroatoms. The van der Waals surface area contributed by atoms with E-state index in [-0.39, 0.29) is 11.9 Å². The van der Waals surface area contributed by atoms with E-state index in [1.54, 1.807) is 0 Å². The smallest absolute Gasteiger partial charge is 0.127 e. The fourth-order valence-corrected chi connectivity index (χ4v) is 2.74. The summed E-state index contributed by atoms with van der Waals surface area (Å²) in [6.07, 6.45) is 0.518. The van der Waals surface area contributed by atoms with Crippen LogP contribution in [-0.4, -0.2) is 46.3 Å². The van der Waals surface area contributed by atoms with Crippen LogP contribution in [0.1, 0.15) is 25.2 Å². The molecule has 0 bridgehead atoms. The second-order valence-corrected chi connectivity index (χ2v) is 5.30. The van der Waals surface area contributed by atoms with Crippen LogP contribution in [0.3, 0.4) is 0 Å². The molecule has 0 amide bonds. The average Bonchev–Trinajstić information content (AvgIpc) is 2.75. The van der Waals surface area contributed by atoms with Gasteiger partial charge in [0.25, 0.3) is 0 Å². The van der Waals surface area contributed by atoms with Crippen LogP contribution in [0.15, 0.2) is 0 Å². The number of aromatic nitrogens is 2. The molecule has 6 nitrogen and oxygen atoms in total. The molecule has 3 N–H and O–H groups in total. The van der Waals surface area contributed by atoms with Crippen molar-refractivity contribution < 1.29 is 4.74 Å². The molecule has 20 heavy (non-hydrogen) atoms. The number of halogens is 1. The minimum Gasteiger partial charge on any atom is -0.385 e. The first-order valence-electron chi connectivity index (χ1n) is 6.98. The molecular weight excluding hydrogens is 278 g/mol. The van der Waals surface area contributed by atoms with Crippen molar-refractivity contribution in [1.29, 1.82) is 5.41 Å². The van der Waals surface area contributed by atoms with E-state index in [0.29, 0.717) is 19.7 Å². The molecule has 1 aliphatic rings. The average molecular weight is 300 g/mol. The standard InChI is InChI=1S/C13H22ClN5O/c1-3-9-12(14)10(19(4-2)17-9)7-18-5-6-20-11(8-18)13(15)16/h11H,3-8H2,1-2H3,(H3,15,16). The van der Waals surface area contributed by atoms with E-state index in [9.17, 15) is 0 Å². The van der Waals surface area contributed by atoms with Gasteiger partial charge in [-0.25, -0.2) is 0 Å². The number of nitrogens with two attached hydrogens (primary N) is 1. The quantitative estimate of drug-likeness (QED) is 0.633. The number of hydrogen-bond acceptors (Lipinski definition) is 4. The van der Waals surface area contributed by atoms with Gasteiger partial charge < -0.3 is 10.5 Å². The van der Waals surface area contributed by atoms with Crippen LogP contribution in [0.2, 0.25) is 5.02 Å². The summed E-state index contributed by atoms with van der Waals surface area (Å²) >= 11 is 6.42. The Morgan fingerprint density at radius 2 is 2.30 bits per heavy atom. The Labute approximate surface area is 124 Å². The van der Waals surface area contributed by atoms with Crippen LogP contribution < -0.4 is 5.73 Å². The summed E-state index contributed by atoms with van der Waals surface area (Å²) in [5.74, 6) is 0.0824. The Balaban J connectivity index is 2.13. The van der Waals surface area contributed by atoms with E-state index in [1.807, 2.05) is 4.68 Å². The van der Waals surface area contributed by atoms with Gasteiger partial charge in [0.05, 0.1) is 23.0 Å². The summed E-state index contributed by atoms with van der Waals surface area (Å²) in [6, 6.07) is 0. The molecule has 112 valence electrons. The highest BCUT2D eigenvalue weighted by atomic mass is 35.5. The molecule has 0 aromatic carbocycles. The molecule has 1 aromatic rings. The summed E-state index contributed by atoms with van der Waals surface area (Å²) in [5.41, 5.74) is 7.50. The Hall–Kier alpha value is -1.11. The molecule has 1 fully saturated rings. The Morgan fingerprint density at radius 3 is 2.90 bits per heavy atom. The third-order valence-electron chi connectivity index (χ3n) is 3.56. The van der Waals surface area contributed by atoms with Gasteiger partial charge in [-0.3, -0.25) is 15.0 Å². The molecule has 1 unspecified atom stereocenters.